The number of carbonyl (C=O) groups excluding carboxylic acids is 1. The standard InChI is InChI=1S/C12H14ClF2NO3/c1-16(5-7(17)6-19-2)12(18)8-3-10(14)11(15)4-9(8)13/h3-4,7,17H,5-6H2,1-2H3. The second-order valence-corrected chi connectivity index (χ2v) is 4.45. The molecule has 1 N–H and O–H groups in total. The number of aliphatic hydroxyl groups excluding tert-OH is 1. The number of benzene rings is 1. The fourth-order valence-corrected chi connectivity index (χ4v) is 1.77. The quantitative estimate of drug-likeness (QED) is 0.841. The van der Waals surface area contributed by atoms with Gasteiger partial charge in [-0.15, -0.1) is 0 Å². The number of carbonyl (C=O) groups is 1. The number of amides is 1. The molecule has 0 saturated heterocycles. The second kappa shape index (κ2) is 6.79. The van der Waals surface area contributed by atoms with Gasteiger partial charge in [-0.1, -0.05) is 11.6 Å². The summed E-state index contributed by atoms with van der Waals surface area (Å²) >= 11 is 5.70. The number of hydrogen-bond acceptors (Lipinski definition) is 3. The second-order valence-electron chi connectivity index (χ2n) is 4.04. The number of aliphatic hydroxyl groups is 1. The van der Waals surface area contributed by atoms with Crippen molar-refractivity contribution >= 4 is 17.5 Å². The molecule has 1 unspecified atom stereocenters. The summed E-state index contributed by atoms with van der Waals surface area (Å²) in [6.45, 7) is 0.0468. The van der Waals surface area contributed by atoms with Crippen molar-refractivity contribution in [3.63, 3.8) is 0 Å². The molecule has 1 atom stereocenters. The third-order valence-corrected chi connectivity index (χ3v) is 2.74. The molecular formula is C12H14ClF2NO3. The summed E-state index contributed by atoms with van der Waals surface area (Å²) in [5, 5.41) is 9.31. The van der Waals surface area contributed by atoms with Gasteiger partial charge >= 0.3 is 0 Å². The van der Waals surface area contributed by atoms with E-state index in [9.17, 15) is 18.7 Å². The SMILES string of the molecule is COCC(O)CN(C)C(=O)c1cc(F)c(F)cc1Cl. The molecule has 0 aromatic heterocycles. The maximum absolute atomic E-state index is 13.1. The lowest BCUT2D eigenvalue weighted by Gasteiger charge is -2.21. The first kappa shape index (κ1) is 15.8. The summed E-state index contributed by atoms with van der Waals surface area (Å²) in [5.74, 6) is -2.89. The van der Waals surface area contributed by atoms with Gasteiger partial charge in [0.25, 0.3) is 5.91 Å². The molecule has 1 aromatic carbocycles. The lowest BCUT2D eigenvalue weighted by molar-refractivity contribution is 0.0380. The normalized spacial score (nSPS) is 12.3. The molecule has 0 heterocycles. The molecule has 7 heteroatoms. The van der Waals surface area contributed by atoms with Crippen LogP contribution in [-0.4, -0.2) is 49.3 Å². The first-order valence-electron chi connectivity index (χ1n) is 5.43. The van der Waals surface area contributed by atoms with Crippen LogP contribution in [0.5, 0.6) is 0 Å². The molecule has 0 aliphatic rings. The number of nitrogens with zero attached hydrogens (tertiary/aromatic N) is 1. The van der Waals surface area contributed by atoms with Crippen LogP contribution >= 0.6 is 11.6 Å². The molecule has 1 aromatic rings. The van der Waals surface area contributed by atoms with Crippen LogP contribution in [0.15, 0.2) is 12.1 Å². The third kappa shape index (κ3) is 4.12. The van der Waals surface area contributed by atoms with Crippen LogP contribution < -0.4 is 0 Å². The highest BCUT2D eigenvalue weighted by molar-refractivity contribution is 6.33. The number of likely N-dealkylation sites (N-methyl/N-ethyl adjacent to an activating group) is 1. The summed E-state index contributed by atoms with van der Waals surface area (Å²) in [5.41, 5.74) is -0.160. The van der Waals surface area contributed by atoms with E-state index < -0.39 is 23.6 Å². The van der Waals surface area contributed by atoms with E-state index in [0.717, 1.165) is 17.0 Å². The van der Waals surface area contributed by atoms with Crippen LogP contribution in [0.3, 0.4) is 0 Å². The average molecular weight is 294 g/mol. The summed E-state index contributed by atoms with van der Waals surface area (Å²) in [6.07, 6.45) is -0.872. The molecule has 1 rings (SSSR count). The van der Waals surface area contributed by atoms with Crippen LogP contribution in [-0.2, 0) is 4.74 Å². The third-order valence-electron chi connectivity index (χ3n) is 2.43. The predicted molar refractivity (Wildman–Crippen MR) is 66.2 cm³/mol. The maximum Gasteiger partial charge on any atom is 0.255 e. The van der Waals surface area contributed by atoms with E-state index in [2.05, 4.69) is 0 Å². The molecule has 4 nitrogen and oxygen atoms in total. The van der Waals surface area contributed by atoms with Crippen LogP contribution in [0.2, 0.25) is 5.02 Å². The zero-order valence-corrected chi connectivity index (χ0v) is 11.2. The monoisotopic (exact) mass is 293 g/mol. The molecule has 1 amide bonds. The molecule has 0 fully saturated rings. The summed E-state index contributed by atoms with van der Waals surface area (Å²) < 4.78 is 30.7. The van der Waals surface area contributed by atoms with Crippen molar-refractivity contribution in [3.05, 3.63) is 34.4 Å². The van der Waals surface area contributed by atoms with Gasteiger partial charge < -0.3 is 14.7 Å². The number of hydrogen-bond donors (Lipinski definition) is 1. The molecule has 106 valence electrons. The van der Waals surface area contributed by atoms with E-state index in [-0.39, 0.29) is 23.7 Å². The number of ether oxygens (including phenoxy) is 1. The van der Waals surface area contributed by atoms with Crippen molar-refractivity contribution in [2.75, 3.05) is 27.3 Å². The lowest BCUT2D eigenvalue weighted by atomic mass is 10.2. The van der Waals surface area contributed by atoms with Gasteiger partial charge in [0.15, 0.2) is 11.6 Å². The molecule has 0 aliphatic carbocycles. The Labute approximate surface area is 114 Å². The van der Waals surface area contributed by atoms with Crippen molar-refractivity contribution in [3.8, 4) is 0 Å². The Morgan fingerprint density at radius 1 is 1.47 bits per heavy atom. The van der Waals surface area contributed by atoms with Crippen molar-refractivity contribution in [2.24, 2.45) is 0 Å². The van der Waals surface area contributed by atoms with Crippen molar-refractivity contribution in [2.45, 2.75) is 6.10 Å². The summed E-state index contributed by atoms with van der Waals surface area (Å²) in [7, 11) is 2.83. The first-order valence-corrected chi connectivity index (χ1v) is 5.81. The Balaban J connectivity index is 2.85. The fourth-order valence-electron chi connectivity index (χ4n) is 1.54. The highest BCUT2D eigenvalue weighted by Crippen LogP contribution is 2.21. The van der Waals surface area contributed by atoms with Crippen LogP contribution in [0.1, 0.15) is 10.4 Å². The Bertz CT molecular complexity index is 471. The minimum Gasteiger partial charge on any atom is -0.389 e. The van der Waals surface area contributed by atoms with Gasteiger partial charge in [-0.3, -0.25) is 4.79 Å². The molecule has 0 aliphatic heterocycles. The van der Waals surface area contributed by atoms with Crippen LogP contribution in [0.25, 0.3) is 0 Å². The van der Waals surface area contributed by atoms with Gasteiger partial charge in [-0.2, -0.15) is 0 Å². The Hall–Kier alpha value is -1.24. The topological polar surface area (TPSA) is 49.8 Å². The number of halogens is 3. The van der Waals surface area contributed by atoms with Crippen LogP contribution in [0.4, 0.5) is 8.78 Å². The van der Waals surface area contributed by atoms with E-state index in [1.807, 2.05) is 0 Å². The highest BCUT2D eigenvalue weighted by atomic mass is 35.5. The Kier molecular flexibility index (Phi) is 5.65. The van der Waals surface area contributed by atoms with Gasteiger partial charge in [-0.25, -0.2) is 8.78 Å². The number of rotatable bonds is 5. The Morgan fingerprint density at radius 2 is 2.05 bits per heavy atom. The minimum atomic E-state index is -1.15. The smallest absolute Gasteiger partial charge is 0.255 e. The largest absolute Gasteiger partial charge is 0.389 e. The van der Waals surface area contributed by atoms with Gasteiger partial charge in [0.05, 0.1) is 23.3 Å². The molecule has 19 heavy (non-hydrogen) atoms. The van der Waals surface area contributed by atoms with Crippen molar-refractivity contribution in [1.82, 2.24) is 4.90 Å². The Morgan fingerprint density at radius 3 is 2.63 bits per heavy atom. The fraction of sp³-hybridized carbons (Fsp3) is 0.417. The molecular weight excluding hydrogens is 280 g/mol. The van der Waals surface area contributed by atoms with Crippen molar-refractivity contribution in [1.29, 1.82) is 0 Å². The number of methoxy groups -OCH3 is 1. The van der Waals surface area contributed by atoms with Gasteiger partial charge in [0, 0.05) is 20.7 Å². The summed E-state index contributed by atoms with van der Waals surface area (Å²) in [4.78, 5) is 13.1. The van der Waals surface area contributed by atoms with Gasteiger partial charge in [-0.05, 0) is 12.1 Å². The maximum atomic E-state index is 13.1. The van der Waals surface area contributed by atoms with Crippen LogP contribution in [0, 0.1) is 11.6 Å². The van der Waals surface area contributed by atoms with E-state index in [1.165, 1.54) is 14.2 Å². The molecule has 0 bridgehead atoms. The summed E-state index contributed by atoms with van der Waals surface area (Å²) in [6, 6.07) is 1.47. The molecule has 0 radical (unpaired) electrons. The van der Waals surface area contributed by atoms with Crippen molar-refractivity contribution < 1.29 is 23.4 Å². The van der Waals surface area contributed by atoms with E-state index in [4.69, 9.17) is 16.3 Å². The van der Waals surface area contributed by atoms with Gasteiger partial charge in [0.2, 0.25) is 0 Å². The zero-order chi connectivity index (χ0) is 14.6. The first-order chi connectivity index (χ1) is 8.86. The van der Waals surface area contributed by atoms with Gasteiger partial charge in [0.1, 0.15) is 0 Å². The predicted octanol–water partition coefficient (Wildman–Crippen LogP) is 1.70. The lowest BCUT2D eigenvalue weighted by Crippen LogP contribution is -2.36. The van der Waals surface area contributed by atoms with E-state index in [0.29, 0.717) is 0 Å². The highest BCUT2D eigenvalue weighted by Gasteiger charge is 2.20. The molecule has 0 spiro atoms. The zero-order valence-electron chi connectivity index (χ0n) is 10.5. The minimum absolute atomic E-state index is 0.0119. The molecule has 0 saturated carbocycles. The van der Waals surface area contributed by atoms with E-state index >= 15 is 0 Å². The average Bonchev–Trinajstić information content (AvgIpc) is 2.33. The van der Waals surface area contributed by atoms with E-state index in [1.54, 1.807) is 0 Å².